The largest absolute Gasteiger partial charge is 0.325 e. The Morgan fingerprint density at radius 3 is 2.67 bits per heavy atom. The van der Waals surface area contributed by atoms with E-state index in [1.54, 1.807) is 11.3 Å². The van der Waals surface area contributed by atoms with Crippen LogP contribution in [0.1, 0.15) is 10.4 Å². The number of hydrogen-bond acceptors (Lipinski definition) is 3. The standard InChI is InChI=1S/C14H16N2OS/c1-11-7-8-18-13(11)9-15-10-14(17)16-12-5-3-2-4-6-12/h2-8,15H,9-10H2,1H3,(H,16,17). The summed E-state index contributed by atoms with van der Waals surface area (Å²) in [6.07, 6.45) is 0. The van der Waals surface area contributed by atoms with Gasteiger partial charge < -0.3 is 10.6 Å². The molecule has 1 aromatic heterocycles. The first-order valence-electron chi connectivity index (χ1n) is 5.84. The van der Waals surface area contributed by atoms with Gasteiger partial charge in [0.15, 0.2) is 0 Å². The Hall–Kier alpha value is -1.65. The fourth-order valence-electron chi connectivity index (χ4n) is 1.60. The van der Waals surface area contributed by atoms with Crippen LogP contribution in [-0.4, -0.2) is 12.5 Å². The number of carbonyl (C=O) groups is 1. The smallest absolute Gasteiger partial charge is 0.238 e. The Morgan fingerprint density at radius 1 is 1.22 bits per heavy atom. The minimum Gasteiger partial charge on any atom is -0.325 e. The second kappa shape index (κ2) is 6.33. The monoisotopic (exact) mass is 260 g/mol. The number of nitrogens with one attached hydrogen (secondary N) is 2. The van der Waals surface area contributed by atoms with Crippen LogP contribution in [-0.2, 0) is 11.3 Å². The minimum absolute atomic E-state index is 0.0181. The molecule has 0 aliphatic carbocycles. The van der Waals surface area contributed by atoms with E-state index in [-0.39, 0.29) is 5.91 Å². The number of hydrogen-bond donors (Lipinski definition) is 2. The van der Waals surface area contributed by atoms with Gasteiger partial charge in [0.1, 0.15) is 0 Å². The van der Waals surface area contributed by atoms with Crippen molar-refractivity contribution in [3.63, 3.8) is 0 Å². The zero-order valence-corrected chi connectivity index (χ0v) is 11.1. The number of rotatable bonds is 5. The molecule has 2 aromatic rings. The van der Waals surface area contributed by atoms with Crippen LogP contribution in [0.4, 0.5) is 5.69 Å². The third-order valence-corrected chi connectivity index (χ3v) is 3.62. The Morgan fingerprint density at radius 2 is 2.00 bits per heavy atom. The molecule has 0 spiro atoms. The predicted molar refractivity (Wildman–Crippen MR) is 75.8 cm³/mol. The van der Waals surface area contributed by atoms with Crippen LogP contribution in [0.5, 0.6) is 0 Å². The first kappa shape index (κ1) is 12.8. The number of amides is 1. The zero-order valence-electron chi connectivity index (χ0n) is 10.3. The number of carbonyl (C=O) groups excluding carboxylic acids is 1. The maximum Gasteiger partial charge on any atom is 0.238 e. The van der Waals surface area contributed by atoms with Crippen molar-refractivity contribution in [2.45, 2.75) is 13.5 Å². The van der Waals surface area contributed by atoms with Gasteiger partial charge in [0.2, 0.25) is 5.91 Å². The lowest BCUT2D eigenvalue weighted by Crippen LogP contribution is -2.27. The summed E-state index contributed by atoms with van der Waals surface area (Å²) < 4.78 is 0. The summed E-state index contributed by atoms with van der Waals surface area (Å²) in [5, 5.41) is 8.05. The Bertz CT molecular complexity index is 508. The fourth-order valence-corrected chi connectivity index (χ4v) is 2.48. The Balaban J connectivity index is 1.74. The van der Waals surface area contributed by atoms with Crippen LogP contribution in [0.15, 0.2) is 41.8 Å². The molecule has 0 unspecified atom stereocenters. The lowest BCUT2D eigenvalue weighted by molar-refractivity contribution is -0.115. The molecule has 94 valence electrons. The summed E-state index contributed by atoms with van der Waals surface area (Å²) in [6.45, 7) is 3.15. The first-order valence-corrected chi connectivity index (χ1v) is 6.72. The number of anilines is 1. The molecule has 3 nitrogen and oxygen atoms in total. The van der Waals surface area contributed by atoms with Crippen LogP contribution in [0, 0.1) is 6.92 Å². The van der Waals surface area contributed by atoms with Crippen LogP contribution in [0.25, 0.3) is 0 Å². The number of thiophene rings is 1. The molecule has 0 radical (unpaired) electrons. The molecule has 2 rings (SSSR count). The van der Waals surface area contributed by atoms with Crippen molar-refractivity contribution in [2.24, 2.45) is 0 Å². The summed E-state index contributed by atoms with van der Waals surface area (Å²) in [7, 11) is 0. The van der Waals surface area contributed by atoms with Crippen LogP contribution < -0.4 is 10.6 Å². The van der Waals surface area contributed by atoms with Crippen LogP contribution in [0.2, 0.25) is 0 Å². The topological polar surface area (TPSA) is 41.1 Å². The highest BCUT2D eigenvalue weighted by Crippen LogP contribution is 2.14. The van der Waals surface area contributed by atoms with Crippen molar-refractivity contribution in [3.8, 4) is 0 Å². The number of para-hydroxylation sites is 1. The number of aryl methyl sites for hydroxylation is 1. The van der Waals surface area contributed by atoms with E-state index in [1.165, 1.54) is 10.4 Å². The first-order chi connectivity index (χ1) is 8.75. The van der Waals surface area contributed by atoms with E-state index in [2.05, 4.69) is 29.0 Å². The van der Waals surface area contributed by atoms with Crippen molar-refractivity contribution in [1.29, 1.82) is 0 Å². The Kier molecular flexibility index (Phi) is 4.50. The van der Waals surface area contributed by atoms with Gasteiger partial charge in [-0.1, -0.05) is 18.2 Å². The van der Waals surface area contributed by atoms with Crippen molar-refractivity contribution in [3.05, 3.63) is 52.2 Å². The molecule has 18 heavy (non-hydrogen) atoms. The van der Waals surface area contributed by atoms with Gasteiger partial charge in [-0.2, -0.15) is 0 Å². The van der Waals surface area contributed by atoms with Crippen LogP contribution in [0.3, 0.4) is 0 Å². The molecule has 0 saturated carbocycles. The van der Waals surface area contributed by atoms with Crippen molar-refractivity contribution in [1.82, 2.24) is 5.32 Å². The van der Waals surface area contributed by atoms with Gasteiger partial charge in [0.25, 0.3) is 0 Å². The molecule has 0 saturated heterocycles. The fraction of sp³-hybridized carbons (Fsp3) is 0.214. The van der Waals surface area contributed by atoms with E-state index >= 15 is 0 Å². The lowest BCUT2D eigenvalue weighted by atomic mass is 10.3. The van der Waals surface area contributed by atoms with Gasteiger partial charge in [-0.05, 0) is 36.1 Å². The molecule has 0 aliphatic rings. The average Bonchev–Trinajstić information content (AvgIpc) is 2.76. The van der Waals surface area contributed by atoms with E-state index in [9.17, 15) is 4.79 Å². The van der Waals surface area contributed by atoms with E-state index in [0.717, 1.165) is 12.2 Å². The molecular weight excluding hydrogens is 244 g/mol. The van der Waals surface area contributed by atoms with Gasteiger partial charge in [0, 0.05) is 17.1 Å². The van der Waals surface area contributed by atoms with Gasteiger partial charge >= 0.3 is 0 Å². The van der Waals surface area contributed by atoms with Crippen molar-refractivity contribution in [2.75, 3.05) is 11.9 Å². The molecule has 1 amide bonds. The quantitative estimate of drug-likeness (QED) is 0.868. The van der Waals surface area contributed by atoms with Crippen molar-refractivity contribution < 1.29 is 4.79 Å². The molecular formula is C14H16N2OS. The highest BCUT2D eigenvalue weighted by Gasteiger charge is 2.03. The molecule has 0 aliphatic heterocycles. The summed E-state index contributed by atoms with van der Waals surface area (Å²) in [4.78, 5) is 12.9. The molecule has 2 N–H and O–H groups in total. The minimum atomic E-state index is -0.0181. The maximum atomic E-state index is 11.7. The second-order valence-corrected chi connectivity index (χ2v) is 5.05. The van der Waals surface area contributed by atoms with Crippen molar-refractivity contribution >= 4 is 22.9 Å². The summed E-state index contributed by atoms with van der Waals surface area (Å²) >= 11 is 1.71. The number of benzene rings is 1. The molecule has 0 fully saturated rings. The van der Waals surface area contributed by atoms with E-state index in [0.29, 0.717) is 6.54 Å². The molecule has 0 atom stereocenters. The van der Waals surface area contributed by atoms with E-state index in [4.69, 9.17) is 0 Å². The maximum absolute atomic E-state index is 11.7. The highest BCUT2D eigenvalue weighted by molar-refractivity contribution is 7.10. The summed E-state index contributed by atoms with van der Waals surface area (Å²) in [5.74, 6) is -0.0181. The molecule has 1 heterocycles. The van der Waals surface area contributed by atoms with Crippen LogP contribution >= 0.6 is 11.3 Å². The molecule has 1 aromatic carbocycles. The van der Waals surface area contributed by atoms with E-state index < -0.39 is 0 Å². The third kappa shape index (κ3) is 3.68. The van der Waals surface area contributed by atoms with Gasteiger partial charge in [-0.3, -0.25) is 4.79 Å². The molecule has 0 bridgehead atoms. The zero-order chi connectivity index (χ0) is 12.8. The predicted octanol–water partition coefficient (Wildman–Crippen LogP) is 2.78. The summed E-state index contributed by atoms with van der Waals surface area (Å²) in [6, 6.07) is 11.6. The lowest BCUT2D eigenvalue weighted by Gasteiger charge is -2.06. The van der Waals surface area contributed by atoms with E-state index in [1.807, 2.05) is 30.3 Å². The second-order valence-electron chi connectivity index (χ2n) is 4.04. The van der Waals surface area contributed by atoms with Gasteiger partial charge in [-0.25, -0.2) is 0 Å². The normalized spacial score (nSPS) is 10.3. The SMILES string of the molecule is Cc1ccsc1CNCC(=O)Nc1ccccc1. The summed E-state index contributed by atoms with van der Waals surface area (Å²) in [5.41, 5.74) is 2.10. The van der Waals surface area contributed by atoms with Gasteiger partial charge in [0.05, 0.1) is 6.54 Å². The highest BCUT2D eigenvalue weighted by atomic mass is 32.1. The third-order valence-electron chi connectivity index (χ3n) is 2.60. The van der Waals surface area contributed by atoms with Gasteiger partial charge in [-0.15, -0.1) is 11.3 Å². The molecule has 4 heteroatoms. The average molecular weight is 260 g/mol. The Labute approximate surface area is 111 Å².